The number of likely N-dealkylation sites (tertiary alicyclic amines) is 1. The number of hydrogen-bond acceptors (Lipinski definition) is 4. The van der Waals surface area contributed by atoms with Gasteiger partial charge in [-0.05, 0) is 12.8 Å². The average Bonchev–Trinajstić information content (AvgIpc) is 2.73. The fraction of sp³-hybridized carbons (Fsp3) is 0.727. The van der Waals surface area contributed by atoms with E-state index in [1.807, 2.05) is 0 Å². The van der Waals surface area contributed by atoms with E-state index in [4.69, 9.17) is 5.11 Å². The molecule has 1 amide bonds. The predicted molar refractivity (Wildman–Crippen MR) is 64.7 cm³/mol. The molecule has 0 saturated carbocycles. The van der Waals surface area contributed by atoms with Crippen molar-refractivity contribution in [1.82, 2.24) is 4.90 Å². The normalized spacial score (nSPS) is 21.3. The van der Waals surface area contributed by atoms with Crippen LogP contribution in [-0.4, -0.2) is 45.3 Å². The molecule has 0 aliphatic carbocycles. The number of carbonyl (C=O) groups excluding carboxylic acids is 2. The van der Waals surface area contributed by atoms with Crippen LogP contribution in [0.1, 0.15) is 26.7 Å². The summed E-state index contributed by atoms with van der Waals surface area (Å²) in [6.07, 6.45) is 1.25. The first kappa shape index (κ1) is 14.0. The highest BCUT2D eigenvalue weighted by Gasteiger charge is 2.35. The molecule has 1 aliphatic rings. The summed E-state index contributed by atoms with van der Waals surface area (Å²) in [5, 5.41) is 8.95. The Morgan fingerprint density at radius 1 is 1.47 bits per heavy atom. The summed E-state index contributed by atoms with van der Waals surface area (Å²) < 4.78 is 0. The van der Waals surface area contributed by atoms with E-state index in [9.17, 15) is 14.4 Å². The third-order valence-electron chi connectivity index (χ3n) is 2.78. The van der Waals surface area contributed by atoms with Gasteiger partial charge < -0.3 is 10.0 Å². The van der Waals surface area contributed by atoms with Gasteiger partial charge in [0.25, 0.3) is 0 Å². The smallest absolute Gasteiger partial charge is 0.326 e. The topological polar surface area (TPSA) is 74.7 Å². The molecule has 1 heterocycles. The number of carbonyl (C=O) groups is 3. The summed E-state index contributed by atoms with van der Waals surface area (Å²) in [6.45, 7) is 3.69. The van der Waals surface area contributed by atoms with Gasteiger partial charge in [-0.2, -0.15) is 0 Å². The van der Waals surface area contributed by atoms with E-state index in [2.05, 4.69) is 0 Å². The molecule has 0 aromatic heterocycles. The number of aliphatic carboxylic acids is 1. The Balaban J connectivity index is 2.56. The Hall–Kier alpha value is -1.04. The van der Waals surface area contributed by atoms with Crippen molar-refractivity contribution in [2.24, 2.45) is 5.92 Å². The largest absolute Gasteiger partial charge is 0.480 e. The second-order valence-electron chi connectivity index (χ2n) is 4.23. The maximum absolute atomic E-state index is 12.0. The highest BCUT2D eigenvalue weighted by molar-refractivity contribution is 8.13. The van der Waals surface area contributed by atoms with Crippen molar-refractivity contribution in [3.05, 3.63) is 0 Å². The first-order valence-electron chi connectivity index (χ1n) is 5.60. The van der Waals surface area contributed by atoms with Gasteiger partial charge in [0.1, 0.15) is 6.04 Å². The Kier molecular flexibility index (Phi) is 4.99. The van der Waals surface area contributed by atoms with Crippen LogP contribution in [0.2, 0.25) is 0 Å². The van der Waals surface area contributed by atoms with Crippen molar-refractivity contribution in [3.63, 3.8) is 0 Å². The molecule has 0 bridgehead atoms. The van der Waals surface area contributed by atoms with E-state index in [1.54, 1.807) is 6.92 Å². The lowest BCUT2D eigenvalue weighted by Gasteiger charge is -2.24. The van der Waals surface area contributed by atoms with Gasteiger partial charge in [0.05, 0.1) is 0 Å². The third kappa shape index (κ3) is 3.73. The molecule has 0 aromatic carbocycles. The van der Waals surface area contributed by atoms with Crippen molar-refractivity contribution in [3.8, 4) is 0 Å². The number of carboxylic acid groups (broad SMARTS) is 1. The number of hydrogen-bond donors (Lipinski definition) is 1. The first-order valence-corrected chi connectivity index (χ1v) is 6.58. The number of amides is 1. The van der Waals surface area contributed by atoms with Crippen LogP contribution in [-0.2, 0) is 14.4 Å². The summed E-state index contributed by atoms with van der Waals surface area (Å²) in [5.41, 5.74) is 0. The van der Waals surface area contributed by atoms with Gasteiger partial charge in [-0.15, -0.1) is 0 Å². The molecule has 5 nitrogen and oxygen atoms in total. The summed E-state index contributed by atoms with van der Waals surface area (Å²) in [7, 11) is 0. The van der Waals surface area contributed by atoms with Crippen molar-refractivity contribution in [1.29, 1.82) is 0 Å². The average molecular weight is 259 g/mol. The number of thioether (sulfide) groups is 1. The number of carboxylic acids is 1. The highest BCUT2D eigenvalue weighted by atomic mass is 32.2. The van der Waals surface area contributed by atoms with E-state index in [0.29, 0.717) is 18.7 Å². The fourth-order valence-electron chi connectivity index (χ4n) is 1.88. The fourth-order valence-corrected chi connectivity index (χ4v) is 2.51. The van der Waals surface area contributed by atoms with E-state index < -0.39 is 12.0 Å². The zero-order valence-electron chi connectivity index (χ0n) is 10.0. The molecule has 0 radical (unpaired) electrons. The van der Waals surface area contributed by atoms with Gasteiger partial charge in [0.15, 0.2) is 5.12 Å². The van der Waals surface area contributed by atoms with Gasteiger partial charge in [0.2, 0.25) is 5.91 Å². The van der Waals surface area contributed by atoms with Gasteiger partial charge in [-0.3, -0.25) is 9.59 Å². The molecular formula is C11H17NO4S. The lowest BCUT2D eigenvalue weighted by Crippen LogP contribution is -2.43. The minimum Gasteiger partial charge on any atom is -0.480 e. The predicted octanol–water partition coefficient (Wildman–Crippen LogP) is 0.978. The first-order chi connectivity index (χ1) is 7.93. The zero-order chi connectivity index (χ0) is 13.0. The van der Waals surface area contributed by atoms with Gasteiger partial charge in [-0.25, -0.2) is 4.79 Å². The number of rotatable bonds is 4. The summed E-state index contributed by atoms with van der Waals surface area (Å²) in [5.74, 6) is -1.01. The van der Waals surface area contributed by atoms with Crippen molar-refractivity contribution >= 4 is 28.8 Å². The monoisotopic (exact) mass is 259 g/mol. The molecule has 1 rings (SSSR count). The van der Waals surface area contributed by atoms with Crippen LogP contribution in [0.15, 0.2) is 0 Å². The third-order valence-corrected chi connectivity index (χ3v) is 3.85. The molecule has 1 N–H and O–H groups in total. The SMILES string of the molecule is CC(=O)SCC(C)C(=O)N1CCC[C@H]1C(=O)O. The van der Waals surface area contributed by atoms with Gasteiger partial charge >= 0.3 is 5.97 Å². The molecule has 1 fully saturated rings. The van der Waals surface area contributed by atoms with Crippen LogP contribution >= 0.6 is 11.8 Å². The minimum atomic E-state index is -0.942. The molecule has 1 saturated heterocycles. The number of nitrogens with zero attached hydrogens (tertiary/aromatic N) is 1. The lowest BCUT2D eigenvalue weighted by molar-refractivity contribution is -0.149. The Labute approximate surface area is 105 Å². The molecule has 0 spiro atoms. The van der Waals surface area contributed by atoms with E-state index >= 15 is 0 Å². The second-order valence-corrected chi connectivity index (χ2v) is 5.43. The van der Waals surface area contributed by atoms with E-state index in [0.717, 1.165) is 18.2 Å². The van der Waals surface area contributed by atoms with Crippen molar-refractivity contribution in [2.45, 2.75) is 32.7 Å². The van der Waals surface area contributed by atoms with Gasteiger partial charge in [0, 0.05) is 25.1 Å². The van der Waals surface area contributed by atoms with E-state index in [1.165, 1.54) is 11.8 Å². The standard InChI is InChI=1S/C11H17NO4S/c1-7(6-17-8(2)13)10(14)12-5-3-4-9(12)11(15)16/h7,9H,3-6H2,1-2H3,(H,15,16)/t7?,9-/m0/s1. The lowest BCUT2D eigenvalue weighted by atomic mass is 10.1. The van der Waals surface area contributed by atoms with Crippen LogP contribution in [0.4, 0.5) is 0 Å². The molecule has 17 heavy (non-hydrogen) atoms. The summed E-state index contributed by atoms with van der Waals surface area (Å²) in [4.78, 5) is 35.2. The highest BCUT2D eigenvalue weighted by Crippen LogP contribution is 2.21. The molecule has 0 aromatic rings. The maximum atomic E-state index is 12.0. The molecule has 96 valence electrons. The van der Waals surface area contributed by atoms with Crippen LogP contribution < -0.4 is 0 Å². The van der Waals surface area contributed by atoms with E-state index in [-0.39, 0.29) is 16.9 Å². The Morgan fingerprint density at radius 3 is 2.65 bits per heavy atom. The van der Waals surface area contributed by atoms with Crippen molar-refractivity contribution < 1.29 is 19.5 Å². The van der Waals surface area contributed by atoms with Crippen LogP contribution in [0.5, 0.6) is 0 Å². The quantitative estimate of drug-likeness (QED) is 0.814. The maximum Gasteiger partial charge on any atom is 0.326 e. The molecular weight excluding hydrogens is 242 g/mol. The molecule has 6 heteroatoms. The van der Waals surface area contributed by atoms with Crippen LogP contribution in [0.3, 0.4) is 0 Å². The van der Waals surface area contributed by atoms with Crippen molar-refractivity contribution in [2.75, 3.05) is 12.3 Å². The van der Waals surface area contributed by atoms with Crippen LogP contribution in [0.25, 0.3) is 0 Å². The van der Waals surface area contributed by atoms with Crippen LogP contribution in [0, 0.1) is 5.92 Å². The molecule has 1 unspecified atom stereocenters. The minimum absolute atomic E-state index is 0.0270. The zero-order valence-corrected chi connectivity index (χ0v) is 10.8. The van der Waals surface area contributed by atoms with Gasteiger partial charge in [-0.1, -0.05) is 18.7 Å². The molecule has 2 atom stereocenters. The second kappa shape index (κ2) is 6.05. The molecule has 1 aliphatic heterocycles. The summed E-state index contributed by atoms with van der Waals surface area (Å²) in [6, 6.07) is -0.688. The Morgan fingerprint density at radius 2 is 2.12 bits per heavy atom. The Bertz CT molecular complexity index is 331. The summed E-state index contributed by atoms with van der Waals surface area (Å²) >= 11 is 1.10.